The smallest absolute Gasteiger partial charge is 0.322 e. The number of carbonyl (C=O) groups excluding carboxylic acids is 2. The third-order valence-corrected chi connectivity index (χ3v) is 2.75. The van der Waals surface area contributed by atoms with Crippen molar-refractivity contribution in [2.24, 2.45) is 11.1 Å². The first-order valence-electron chi connectivity index (χ1n) is 7.04. The van der Waals surface area contributed by atoms with Crippen LogP contribution in [-0.2, 0) is 14.3 Å². The van der Waals surface area contributed by atoms with Crippen LogP contribution in [0.25, 0.3) is 0 Å². The lowest BCUT2D eigenvalue weighted by atomic mass is 9.84. The minimum atomic E-state index is -0.697. The molecule has 0 fully saturated rings. The summed E-state index contributed by atoms with van der Waals surface area (Å²) in [6.07, 6.45) is -0.570. The molecule has 5 nitrogen and oxygen atoms in total. The maximum Gasteiger partial charge on any atom is 0.322 e. The van der Waals surface area contributed by atoms with E-state index in [1.165, 1.54) is 0 Å². The summed E-state index contributed by atoms with van der Waals surface area (Å²) in [5, 5.41) is 3.24. The zero-order valence-electron chi connectivity index (χ0n) is 14.0. The van der Waals surface area contributed by atoms with Gasteiger partial charge >= 0.3 is 5.97 Å². The van der Waals surface area contributed by atoms with Gasteiger partial charge < -0.3 is 10.5 Å². The highest BCUT2D eigenvalue weighted by atomic mass is 16.5. The Bertz CT molecular complexity index is 351. The van der Waals surface area contributed by atoms with E-state index in [4.69, 9.17) is 10.5 Å². The highest BCUT2D eigenvalue weighted by Gasteiger charge is 2.37. The number of hydrogen-bond acceptors (Lipinski definition) is 5. The Hall–Kier alpha value is -0.940. The van der Waals surface area contributed by atoms with Crippen LogP contribution >= 0.6 is 0 Å². The Morgan fingerprint density at radius 1 is 1.05 bits per heavy atom. The minimum absolute atomic E-state index is 0.0115. The summed E-state index contributed by atoms with van der Waals surface area (Å²) in [6, 6.07) is -1.25. The fraction of sp³-hybridized carbons (Fsp3) is 0.867. The Balaban J connectivity index is 5.12. The maximum atomic E-state index is 12.6. The normalized spacial score (nSPS) is 17.2. The fourth-order valence-corrected chi connectivity index (χ4v) is 1.69. The van der Waals surface area contributed by atoms with Gasteiger partial charge in [-0.05, 0) is 34.6 Å². The van der Waals surface area contributed by atoms with E-state index in [2.05, 4.69) is 5.32 Å². The molecule has 0 aliphatic carbocycles. The molecule has 0 saturated heterocycles. The SMILES string of the molecule is CC(N)C(=O)OC(C)C(NC(C)(C)C)C(=O)C(C)(C)C. The zero-order valence-corrected chi connectivity index (χ0v) is 14.0. The van der Waals surface area contributed by atoms with Crippen LogP contribution in [0, 0.1) is 5.41 Å². The van der Waals surface area contributed by atoms with Crippen LogP contribution in [0.3, 0.4) is 0 Å². The average molecular weight is 286 g/mol. The van der Waals surface area contributed by atoms with Crippen molar-refractivity contribution >= 4 is 11.8 Å². The zero-order chi connectivity index (χ0) is 16.3. The molecule has 3 atom stereocenters. The molecule has 0 radical (unpaired) electrons. The Labute approximate surface area is 122 Å². The van der Waals surface area contributed by atoms with Crippen molar-refractivity contribution < 1.29 is 14.3 Å². The van der Waals surface area contributed by atoms with Crippen molar-refractivity contribution in [3.63, 3.8) is 0 Å². The molecular formula is C15H30N2O3. The van der Waals surface area contributed by atoms with Gasteiger partial charge in [0.2, 0.25) is 0 Å². The number of esters is 1. The first-order valence-corrected chi connectivity index (χ1v) is 7.04. The lowest BCUT2D eigenvalue weighted by molar-refractivity contribution is -0.153. The monoisotopic (exact) mass is 286 g/mol. The van der Waals surface area contributed by atoms with Crippen molar-refractivity contribution in [1.29, 1.82) is 0 Å². The first-order chi connectivity index (χ1) is 8.75. The molecule has 0 aromatic carbocycles. The highest BCUT2D eigenvalue weighted by molar-refractivity contribution is 5.89. The molecule has 0 aromatic heterocycles. The topological polar surface area (TPSA) is 81.4 Å². The number of nitrogens with one attached hydrogen (secondary N) is 1. The van der Waals surface area contributed by atoms with Crippen LogP contribution in [0.2, 0.25) is 0 Å². The summed E-state index contributed by atoms with van der Waals surface area (Å²) in [6.45, 7) is 14.7. The third kappa shape index (κ3) is 6.48. The van der Waals surface area contributed by atoms with E-state index in [-0.39, 0.29) is 11.3 Å². The van der Waals surface area contributed by atoms with Gasteiger partial charge in [-0.3, -0.25) is 14.9 Å². The fourth-order valence-electron chi connectivity index (χ4n) is 1.69. The van der Waals surface area contributed by atoms with Crippen LogP contribution in [-0.4, -0.2) is 35.5 Å². The highest BCUT2D eigenvalue weighted by Crippen LogP contribution is 2.21. The Morgan fingerprint density at radius 2 is 1.50 bits per heavy atom. The molecule has 0 aromatic rings. The third-order valence-electron chi connectivity index (χ3n) is 2.75. The number of ether oxygens (including phenoxy) is 1. The second-order valence-corrected chi connectivity index (χ2v) is 7.42. The van der Waals surface area contributed by atoms with Gasteiger partial charge in [0.05, 0.1) is 0 Å². The number of carbonyl (C=O) groups is 2. The molecule has 118 valence electrons. The predicted molar refractivity (Wildman–Crippen MR) is 80.3 cm³/mol. The van der Waals surface area contributed by atoms with Gasteiger partial charge in [0.1, 0.15) is 18.2 Å². The van der Waals surface area contributed by atoms with Crippen LogP contribution in [0.1, 0.15) is 55.4 Å². The van der Waals surface area contributed by atoms with E-state index in [1.54, 1.807) is 13.8 Å². The average Bonchev–Trinajstić information content (AvgIpc) is 2.21. The largest absolute Gasteiger partial charge is 0.459 e. The Kier molecular flexibility index (Phi) is 6.36. The molecule has 0 amide bonds. The molecule has 0 aliphatic heterocycles. The van der Waals surface area contributed by atoms with Crippen molar-refractivity contribution in [2.75, 3.05) is 0 Å². The lowest BCUT2D eigenvalue weighted by Crippen LogP contribution is -2.57. The van der Waals surface area contributed by atoms with Gasteiger partial charge in [0.25, 0.3) is 0 Å². The number of ketones is 1. The van der Waals surface area contributed by atoms with Gasteiger partial charge in [-0.1, -0.05) is 20.8 Å². The van der Waals surface area contributed by atoms with Gasteiger partial charge in [-0.25, -0.2) is 0 Å². The summed E-state index contributed by atoms with van der Waals surface area (Å²) in [4.78, 5) is 24.2. The molecule has 0 spiro atoms. The van der Waals surface area contributed by atoms with Gasteiger partial charge in [-0.2, -0.15) is 0 Å². The molecule has 3 N–H and O–H groups in total. The number of Topliss-reactive ketones (excluding diaryl/α,β-unsaturated/α-hetero) is 1. The second kappa shape index (κ2) is 6.68. The molecular weight excluding hydrogens is 256 g/mol. The summed E-state index contributed by atoms with van der Waals surface area (Å²) < 4.78 is 5.29. The van der Waals surface area contributed by atoms with Crippen LogP contribution in [0.5, 0.6) is 0 Å². The Morgan fingerprint density at radius 3 is 1.80 bits per heavy atom. The van der Waals surface area contributed by atoms with Crippen LogP contribution in [0.4, 0.5) is 0 Å². The second-order valence-electron chi connectivity index (χ2n) is 7.42. The van der Waals surface area contributed by atoms with Gasteiger partial charge in [0.15, 0.2) is 5.78 Å². The van der Waals surface area contributed by atoms with E-state index >= 15 is 0 Å². The maximum absolute atomic E-state index is 12.6. The molecule has 3 unspecified atom stereocenters. The molecule has 0 aliphatic rings. The molecule has 5 heteroatoms. The molecule has 0 saturated carbocycles. The van der Waals surface area contributed by atoms with Crippen molar-refractivity contribution in [3.05, 3.63) is 0 Å². The minimum Gasteiger partial charge on any atom is -0.459 e. The first kappa shape index (κ1) is 19.1. The molecule has 0 rings (SSSR count). The standard InChI is InChI=1S/C15H30N2O3/c1-9(16)13(19)20-10(2)11(17-15(6,7)8)12(18)14(3,4)5/h9-11,17H,16H2,1-8H3. The van der Waals surface area contributed by atoms with Crippen molar-refractivity contribution in [2.45, 2.75) is 79.1 Å². The van der Waals surface area contributed by atoms with Gasteiger partial charge in [-0.15, -0.1) is 0 Å². The molecule has 0 heterocycles. The number of hydrogen-bond donors (Lipinski definition) is 2. The van der Waals surface area contributed by atoms with E-state index in [9.17, 15) is 9.59 Å². The summed E-state index contributed by atoms with van der Waals surface area (Å²) in [5.74, 6) is -0.489. The summed E-state index contributed by atoms with van der Waals surface area (Å²) >= 11 is 0. The molecule has 20 heavy (non-hydrogen) atoms. The van der Waals surface area contributed by atoms with E-state index in [0.717, 1.165) is 0 Å². The van der Waals surface area contributed by atoms with Crippen molar-refractivity contribution in [3.8, 4) is 0 Å². The predicted octanol–water partition coefficient (Wildman–Crippen LogP) is 1.64. The summed E-state index contributed by atoms with van der Waals surface area (Å²) in [7, 11) is 0. The molecule has 0 bridgehead atoms. The van der Waals surface area contributed by atoms with E-state index in [0.29, 0.717) is 0 Å². The quantitative estimate of drug-likeness (QED) is 0.751. The van der Waals surface area contributed by atoms with E-state index in [1.807, 2.05) is 41.5 Å². The lowest BCUT2D eigenvalue weighted by Gasteiger charge is -2.35. The van der Waals surface area contributed by atoms with Crippen LogP contribution in [0.15, 0.2) is 0 Å². The van der Waals surface area contributed by atoms with Gasteiger partial charge in [0, 0.05) is 11.0 Å². The van der Waals surface area contributed by atoms with E-state index < -0.39 is 29.6 Å². The van der Waals surface area contributed by atoms with Crippen molar-refractivity contribution in [1.82, 2.24) is 5.32 Å². The summed E-state index contributed by atoms with van der Waals surface area (Å²) in [5.41, 5.74) is 4.71. The number of rotatable bonds is 5. The van der Waals surface area contributed by atoms with Crippen LogP contribution < -0.4 is 11.1 Å². The number of nitrogens with two attached hydrogens (primary N) is 1.